The van der Waals surface area contributed by atoms with Crippen LogP contribution in [0.25, 0.3) is 0 Å². The largest absolute Gasteiger partial charge is 0.313 e. The molecule has 0 aromatic rings. The van der Waals surface area contributed by atoms with Gasteiger partial charge in [-0.15, -0.1) is 0 Å². The van der Waals surface area contributed by atoms with Gasteiger partial charge < -0.3 is 10.2 Å². The van der Waals surface area contributed by atoms with Crippen molar-refractivity contribution < 1.29 is 0 Å². The van der Waals surface area contributed by atoms with Gasteiger partial charge in [-0.1, -0.05) is 0 Å². The van der Waals surface area contributed by atoms with E-state index in [2.05, 4.69) is 10.2 Å². The van der Waals surface area contributed by atoms with E-state index in [1.54, 1.807) is 0 Å². The average molecular weight is 220 g/mol. The van der Waals surface area contributed by atoms with Crippen molar-refractivity contribution in [3.63, 3.8) is 0 Å². The minimum absolute atomic E-state index is 0.870. The molecule has 6 fully saturated rings. The van der Waals surface area contributed by atoms with Gasteiger partial charge >= 0.3 is 0 Å². The highest BCUT2D eigenvalue weighted by Crippen LogP contribution is 2.43. The monoisotopic (exact) mass is 220 g/mol. The molecule has 16 heavy (non-hydrogen) atoms. The Kier molecular flexibility index (Phi) is 2.29. The maximum absolute atomic E-state index is 3.80. The van der Waals surface area contributed by atoms with E-state index >= 15 is 0 Å². The highest BCUT2D eigenvalue weighted by molar-refractivity contribution is 5.00. The summed E-state index contributed by atoms with van der Waals surface area (Å²) in [5.41, 5.74) is 0. The maximum Gasteiger partial charge on any atom is 0.0141 e. The Balaban J connectivity index is 1.53. The molecule has 2 heteroatoms. The Morgan fingerprint density at radius 3 is 2.25 bits per heavy atom. The molecule has 5 saturated heterocycles. The zero-order valence-corrected chi connectivity index (χ0v) is 10.2. The van der Waals surface area contributed by atoms with E-state index in [9.17, 15) is 0 Å². The average Bonchev–Trinajstić information content (AvgIpc) is 2.41. The third-order valence-electron chi connectivity index (χ3n) is 5.86. The van der Waals surface area contributed by atoms with Gasteiger partial charge in [0.15, 0.2) is 0 Å². The van der Waals surface area contributed by atoms with Crippen LogP contribution in [0.15, 0.2) is 0 Å². The first-order valence-corrected chi connectivity index (χ1v) is 7.37. The summed E-state index contributed by atoms with van der Waals surface area (Å²) in [6.45, 7) is 4.13. The van der Waals surface area contributed by atoms with Gasteiger partial charge in [0.1, 0.15) is 0 Å². The predicted molar refractivity (Wildman–Crippen MR) is 65.3 cm³/mol. The topological polar surface area (TPSA) is 15.3 Å². The summed E-state index contributed by atoms with van der Waals surface area (Å²) in [4.78, 5) is 2.83. The number of nitrogens with zero attached hydrogens (tertiary/aromatic N) is 1. The molecule has 1 saturated carbocycles. The number of fused-ring (bicyclic) bond motifs is 7. The Morgan fingerprint density at radius 1 is 0.875 bits per heavy atom. The molecule has 0 aromatic heterocycles. The molecular weight excluding hydrogens is 196 g/mol. The zero-order chi connectivity index (χ0) is 10.5. The van der Waals surface area contributed by atoms with Gasteiger partial charge in [0.05, 0.1) is 0 Å². The summed E-state index contributed by atoms with van der Waals surface area (Å²) >= 11 is 0. The molecule has 90 valence electrons. The van der Waals surface area contributed by atoms with Gasteiger partial charge in [-0.3, -0.25) is 0 Å². The summed E-state index contributed by atoms with van der Waals surface area (Å²) in [5, 5.41) is 3.80. The van der Waals surface area contributed by atoms with Crippen LogP contribution in [0, 0.1) is 17.8 Å². The maximum atomic E-state index is 3.80. The van der Waals surface area contributed by atoms with Gasteiger partial charge in [-0.25, -0.2) is 0 Å². The third-order valence-corrected chi connectivity index (χ3v) is 5.86. The van der Waals surface area contributed by atoms with Crippen LogP contribution >= 0.6 is 0 Å². The first kappa shape index (κ1) is 9.90. The first-order valence-electron chi connectivity index (χ1n) is 7.37. The molecule has 0 aromatic carbocycles. The molecular formula is C14H24N2. The molecule has 0 amide bonds. The molecule has 5 aliphatic heterocycles. The lowest BCUT2D eigenvalue weighted by molar-refractivity contribution is -0.0229. The summed E-state index contributed by atoms with van der Waals surface area (Å²) in [7, 11) is 0. The molecule has 0 radical (unpaired) electrons. The van der Waals surface area contributed by atoms with Crippen molar-refractivity contribution in [1.82, 2.24) is 10.2 Å². The van der Waals surface area contributed by atoms with Crippen LogP contribution < -0.4 is 5.32 Å². The number of nitrogens with one attached hydrogen (secondary N) is 1. The van der Waals surface area contributed by atoms with Crippen molar-refractivity contribution in [2.45, 2.75) is 50.6 Å². The van der Waals surface area contributed by atoms with Crippen molar-refractivity contribution in [2.24, 2.45) is 17.8 Å². The molecule has 6 rings (SSSR count). The van der Waals surface area contributed by atoms with Gasteiger partial charge in [-0.2, -0.15) is 0 Å². The Bertz CT molecular complexity index is 234. The van der Waals surface area contributed by atoms with Crippen molar-refractivity contribution >= 4 is 0 Å². The van der Waals surface area contributed by atoms with Gasteiger partial charge in [0.25, 0.3) is 0 Å². The van der Waals surface area contributed by atoms with Crippen molar-refractivity contribution in [2.75, 3.05) is 19.6 Å². The second-order valence-electron chi connectivity index (χ2n) is 6.64. The first-order chi connectivity index (χ1) is 7.90. The summed E-state index contributed by atoms with van der Waals surface area (Å²) in [6.07, 6.45) is 9.01. The minimum Gasteiger partial charge on any atom is -0.313 e. The fourth-order valence-corrected chi connectivity index (χ4v) is 4.93. The Hall–Kier alpha value is -0.0800. The molecule has 2 nitrogen and oxygen atoms in total. The molecule has 5 heterocycles. The van der Waals surface area contributed by atoms with E-state index in [1.807, 2.05) is 0 Å². The number of hydrogen-bond donors (Lipinski definition) is 1. The molecule has 6 aliphatic rings. The van der Waals surface area contributed by atoms with Crippen LogP contribution in [0.2, 0.25) is 0 Å². The Morgan fingerprint density at radius 2 is 1.75 bits per heavy atom. The van der Waals surface area contributed by atoms with Crippen molar-refractivity contribution in [3.05, 3.63) is 0 Å². The van der Waals surface area contributed by atoms with Gasteiger partial charge in [0, 0.05) is 12.1 Å². The van der Waals surface area contributed by atoms with Crippen LogP contribution in [-0.4, -0.2) is 36.6 Å². The summed E-state index contributed by atoms with van der Waals surface area (Å²) < 4.78 is 0. The fourth-order valence-electron chi connectivity index (χ4n) is 4.93. The Labute approximate surface area is 98.8 Å². The molecule has 0 spiro atoms. The van der Waals surface area contributed by atoms with Crippen LogP contribution in [0.3, 0.4) is 0 Å². The van der Waals surface area contributed by atoms with E-state index in [0.29, 0.717) is 0 Å². The number of rotatable bonds is 1. The number of piperidine rings is 5. The lowest BCUT2D eigenvalue weighted by Crippen LogP contribution is -2.60. The molecule has 1 aliphatic carbocycles. The quantitative estimate of drug-likeness (QED) is 0.725. The standard InChI is InChI=1S/C14H24N2/c1-2-13-12(7-11(1)9-15-13)14-8-10-3-5-16(14)6-4-10/h10-15H,1-9H2. The summed E-state index contributed by atoms with van der Waals surface area (Å²) in [6, 6.07) is 1.82. The predicted octanol–water partition coefficient (Wildman–Crippen LogP) is 1.86. The highest BCUT2D eigenvalue weighted by atomic mass is 15.2. The normalized spacial score (nSPS) is 55.5. The molecule has 4 unspecified atom stereocenters. The van der Waals surface area contributed by atoms with E-state index in [1.165, 1.54) is 58.2 Å². The third kappa shape index (κ3) is 1.46. The SMILES string of the molecule is C1CC2NCC1CC2C1CC2CCN1CC2. The zero-order valence-electron chi connectivity index (χ0n) is 10.2. The van der Waals surface area contributed by atoms with E-state index in [0.717, 1.165) is 29.8 Å². The van der Waals surface area contributed by atoms with E-state index in [4.69, 9.17) is 0 Å². The lowest BCUT2D eigenvalue weighted by Gasteiger charge is -2.54. The van der Waals surface area contributed by atoms with E-state index in [-0.39, 0.29) is 0 Å². The number of hydrogen-bond acceptors (Lipinski definition) is 2. The molecule has 1 N–H and O–H groups in total. The van der Waals surface area contributed by atoms with Gasteiger partial charge in [-0.05, 0) is 75.9 Å². The van der Waals surface area contributed by atoms with Crippen molar-refractivity contribution in [1.29, 1.82) is 0 Å². The van der Waals surface area contributed by atoms with Crippen LogP contribution in [0.1, 0.15) is 38.5 Å². The smallest absolute Gasteiger partial charge is 0.0141 e. The van der Waals surface area contributed by atoms with Crippen molar-refractivity contribution in [3.8, 4) is 0 Å². The molecule has 4 atom stereocenters. The minimum atomic E-state index is 0.870. The second-order valence-corrected chi connectivity index (χ2v) is 6.64. The van der Waals surface area contributed by atoms with E-state index < -0.39 is 0 Å². The summed E-state index contributed by atoms with van der Waals surface area (Å²) in [5.74, 6) is 3.09. The highest BCUT2D eigenvalue weighted by Gasteiger charge is 2.44. The van der Waals surface area contributed by atoms with Gasteiger partial charge in [0.2, 0.25) is 0 Å². The van der Waals surface area contributed by atoms with Crippen LogP contribution in [-0.2, 0) is 0 Å². The second kappa shape index (κ2) is 3.71. The lowest BCUT2D eigenvalue weighted by atomic mass is 9.67. The fraction of sp³-hybridized carbons (Fsp3) is 1.00. The van der Waals surface area contributed by atoms with Crippen LogP contribution in [0.5, 0.6) is 0 Å². The van der Waals surface area contributed by atoms with Crippen LogP contribution in [0.4, 0.5) is 0 Å². The molecule has 4 bridgehead atoms.